The predicted molar refractivity (Wildman–Crippen MR) is 52.6 cm³/mol. The molecule has 1 aliphatic carbocycles. The summed E-state index contributed by atoms with van der Waals surface area (Å²) in [6.07, 6.45) is 2.34. The van der Waals surface area contributed by atoms with Gasteiger partial charge in [0.05, 0.1) is 6.26 Å². The Hall–Kier alpha value is -0.830. The summed E-state index contributed by atoms with van der Waals surface area (Å²) in [7, 11) is 0. The van der Waals surface area contributed by atoms with E-state index in [0.29, 0.717) is 18.6 Å². The van der Waals surface area contributed by atoms with E-state index < -0.39 is 11.1 Å². The van der Waals surface area contributed by atoms with Gasteiger partial charge in [0.15, 0.2) is 0 Å². The Morgan fingerprint density at radius 2 is 2.36 bits per heavy atom. The average molecular weight is 197 g/mol. The first-order chi connectivity index (χ1) is 6.46. The highest BCUT2D eigenvalue weighted by Crippen LogP contribution is 2.53. The van der Waals surface area contributed by atoms with Crippen molar-refractivity contribution >= 4 is 0 Å². The van der Waals surface area contributed by atoms with Crippen molar-refractivity contribution in [3.63, 3.8) is 0 Å². The van der Waals surface area contributed by atoms with Gasteiger partial charge in [-0.2, -0.15) is 0 Å². The van der Waals surface area contributed by atoms with Crippen molar-refractivity contribution in [3.05, 3.63) is 24.2 Å². The summed E-state index contributed by atoms with van der Waals surface area (Å²) in [6.45, 7) is 3.76. The third-order valence-corrected chi connectivity index (χ3v) is 3.66. The zero-order valence-electron chi connectivity index (χ0n) is 8.59. The van der Waals surface area contributed by atoms with Gasteiger partial charge in [0.1, 0.15) is 11.4 Å². The van der Waals surface area contributed by atoms with Crippen LogP contribution in [-0.4, -0.2) is 11.7 Å². The van der Waals surface area contributed by atoms with E-state index in [0.717, 1.165) is 0 Å². The van der Waals surface area contributed by atoms with E-state index in [-0.39, 0.29) is 6.04 Å². The van der Waals surface area contributed by atoms with Gasteiger partial charge in [-0.3, -0.25) is 0 Å². The van der Waals surface area contributed by atoms with E-state index in [1.807, 2.05) is 13.8 Å². The Bertz CT molecular complexity index is 320. The van der Waals surface area contributed by atoms with Crippen molar-refractivity contribution in [3.8, 4) is 0 Å². The minimum absolute atomic E-state index is 0.0394. The monoisotopic (exact) mass is 197 g/mol. The molecule has 1 aliphatic rings. The molecule has 1 aromatic rings. The maximum absolute atomic E-state index is 14.4. The molecule has 2 rings (SSSR count). The minimum Gasteiger partial charge on any atom is -0.469 e. The average Bonchev–Trinajstić information content (AvgIpc) is 2.56. The Morgan fingerprint density at radius 3 is 2.79 bits per heavy atom. The minimum atomic E-state index is -1.20. The van der Waals surface area contributed by atoms with Gasteiger partial charge in [-0.1, -0.05) is 13.8 Å². The quantitative estimate of drug-likeness (QED) is 0.790. The first-order valence-electron chi connectivity index (χ1n) is 4.93. The van der Waals surface area contributed by atoms with Crippen molar-refractivity contribution in [1.29, 1.82) is 0 Å². The van der Waals surface area contributed by atoms with Crippen molar-refractivity contribution in [1.82, 2.24) is 0 Å². The standard InChI is InChI=1S/C11H16FNO/c1-10(2)9(13)7-11(10,12)6-8-4-3-5-14-8/h3-5,9H,6-7,13H2,1-2H3. The van der Waals surface area contributed by atoms with Crippen LogP contribution in [0.15, 0.2) is 22.8 Å². The van der Waals surface area contributed by atoms with Crippen LogP contribution in [0.3, 0.4) is 0 Å². The fourth-order valence-corrected chi connectivity index (χ4v) is 2.06. The summed E-state index contributed by atoms with van der Waals surface area (Å²) < 4.78 is 19.5. The van der Waals surface area contributed by atoms with Gasteiger partial charge in [-0.25, -0.2) is 4.39 Å². The number of furan rings is 1. The molecule has 2 unspecified atom stereocenters. The summed E-state index contributed by atoms with van der Waals surface area (Å²) in [5.41, 5.74) is 4.14. The zero-order chi connectivity index (χ0) is 10.4. The second-order valence-electron chi connectivity index (χ2n) is 4.75. The molecular formula is C11H16FNO. The molecule has 0 saturated heterocycles. The van der Waals surface area contributed by atoms with Crippen LogP contribution in [0.25, 0.3) is 0 Å². The molecule has 78 valence electrons. The molecule has 1 saturated carbocycles. The highest BCUT2D eigenvalue weighted by atomic mass is 19.1. The molecule has 0 radical (unpaired) electrons. The lowest BCUT2D eigenvalue weighted by molar-refractivity contribution is -0.103. The third-order valence-electron chi connectivity index (χ3n) is 3.66. The second-order valence-corrected chi connectivity index (χ2v) is 4.75. The smallest absolute Gasteiger partial charge is 0.126 e. The van der Waals surface area contributed by atoms with Gasteiger partial charge >= 0.3 is 0 Å². The summed E-state index contributed by atoms with van der Waals surface area (Å²) in [5, 5.41) is 0. The van der Waals surface area contributed by atoms with E-state index in [1.165, 1.54) is 0 Å². The molecule has 1 heterocycles. The molecule has 2 atom stereocenters. The first-order valence-corrected chi connectivity index (χ1v) is 4.93. The highest BCUT2D eigenvalue weighted by Gasteiger charge is 2.59. The molecule has 2 nitrogen and oxygen atoms in total. The fraction of sp³-hybridized carbons (Fsp3) is 0.636. The Kier molecular flexibility index (Phi) is 1.96. The zero-order valence-corrected chi connectivity index (χ0v) is 8.59. The highest BCUT2D eigenvalue weighted by molar-refractivity contribution is 5.16. The molecule has 1 fully saturated rings. The van der Waals surface area contributed by atoms with Crippen LogP contribution in [0.2, 0.25) is 0 Å². The van der Waals surface area contributed by atoms with Gasteiger partial charge in [0.25, 0.3) is 0 Å². The first kappa shape index (κ1) is 9.71. The van der Waals surface area contributed by atoms with E-state index in [4.69, 9.17) is 10.2 Å². The third kappa shape index (κ3) is 1.19. The second kappa shape index (κ2) is 2.83. The Morgan fingerprint density at radius 1 is 1.64 bits per heavy atom. The number of hydrogen-bond donors (Lipinski definition) is 1. The van der Waals surface area contributed by atoms with Crippen LogP contribution in [0.1, 0.15) is 26.0 Å². The number of halogens is 1. The molecule has 0 aliphatic heterocycles. The van der Waals surface area contributed by atoms with Crippen molar-refractivity contribution in [2.75, 3.05) is 0 Å². The summed E-state index contributed by atoms with van der Waals surface area (Å²) >= 11 is 0. The summed E-state index contributed by atoms with van der Waals surface area (Å²) in [5.74, 6) is 0.701. The predicted octanol–water partition coefficient (Wildman–Crippen LogP) is 2.29. The molecule has 3 heteroatoms. The maximum atomic E-state index is 14.4. The number of alkyl halides is 1. The number of nitrogens with two attached hydrogens (primary N) is 1. The molecule has 1 aromatic heterocycles. The van der Waals surface area contributed by atoms with Gasteiger partial charge in [-0.15, -0.1) is 0 Å². The molecule has 2 N–H and O–H groups in total. The number of rotatable bonds is 2. The lowest BCUT2D eigenvalue weighted by Crippen LogP contribution is -2.65. The van der Waals surface area contributed by atoms with Crippen LogP contribution in [0.4, 0.5) is 4.39 Å². The van der Waals surface area contributed by atoms with Gasteiger partial charge in [0, 0.05) is 17.9 Å². The summed E-state index contributed by atoms with van der Waals surface area (Å²) in [4.78, 5) is 0. The molecule has 0 aromatic carbocycles. The van der Waals surface area contributed by atoms with Crippen LogP contribution in [-0.2, 0) is 6.42 Å². The van der Waals surface area contributed by atoms with Crippen molar-refractivity contribution < 1.29 is 8.81 Å². The van der Waals surface area contributed by atoms with Crippen LogP contribution >= 0.6 is 0 Å². The number of hydrogen-bond acceptors (Lipinski definition) is 2. The van der Waals surface area contributed by atoms with Gasteiger partial charge < -0.3 is 10.2 Å². The van der Waals surface area contributed by atoms with Crippen LogP contribution < -0.4 is 5.73 Å². The summed E-state index contributed by atoms with van der Waals surface area (Å²) in [6, 6.07) is 3.55. The molecule has 0 amide bonds. The van der Waals surface area contributed by atoms with Crippen LogP contribution in [0.5, 0.6) is 0 Å². The van der Waals surface area contributed by atoms with Crippen molar-refractivity contribution in [2.24, 2.45) is 11.1 Å². The normalized spacial score (nSPS) is 35.3. The molecular weight excluding hydrogens is 181 g/mol. The van der Waals surface area contributed by atoms with E-state index in [1.54, 1.807) is 18.4 Å². The van der Waals surface area contributed by atoms with Crippen molar-refractivity contribution in [2.45, 2.75) is 38.4 Å². The topological polar surface area (TPSA) is 39.2 Å². The van der Waals surface area contributed by atoms with Crippen LogP contribution in [0, 0.1) is 5.41 Å². The SMILES string of the molecule is CC1(C)C(N)CC1(F)Cc1ccco1. The van der Waals surface area contributed by atoms with E-state index in [2.05, 4.69) is 0 Å². The maximum Gasteiger partial charge on any atom is 0.126 e. The van der Waals surface area contributed by atoms with Gasteiger partial charge in [-0.05, 0) is 18.6 Å². The fourth-order valence-electron chi connectivity index (χ4n) is 2.06. The van der Waals surface area contributed by atoms with Gasteiger partial charge in [0.2, 0.25) is 0 Å². The lowest BCUT2D eigenvalue weighted by atomic mass is 9.55. The molecule has 0 spiro atoms. The largest absolute Gasteiger partial charge is 0.469 e. The lowest BCUT2D eigenvalue weighted by Gasteiger charge is -2.55. The van der Waals surface area contributed by atoms with E-state index in [9.17, 15) is 4.39 Å². The Labute approximate surface area is 83.3 Å². The molecule has 0 bridgehead atoms. The van der Waals surface area contributed by atoms with E-state index >= 15 is 0 Å². The Balaban J connectivity index is 2.12. The molecule has 14 heavy (non-hydrogen) atoms.